The number of nitrogens with one attached hydrogen (secondary N) is 1. The molecule has 0 aliphatic heterocycles. The summed E-state index contributed by atoms with van der Waals surface area (Å²) in [5.74, 6) is 1.82. The third kappa shape index (κ3) is 1.81. The van der Waals surface area contributed by atoms with Crippen molar-refractivity contribution in [2.45, 2.75) is 20.8 Å². The standard InChI is InChI=1S/C13H16N2O/c1-8-5-9(2)13(16-4)11(6-8)12-7-14-10(3)15-12/h5-7H,1-4H3,(H,14,15). The number of ether oxygens (including phenoxy) is 1. The average Bonchev–Trinajstić information content (AvgIpc) is 2.63. The van der Waals surface area contributed by atoms with Gasteiger partial charge in [0.15, 0.2) is 0 Å². The van der Waals surface area contributed by atoms with E-state index in [0.717, 1.165) is 28.4 Å². The largest absolute Gasteiger partial charge is 0.496 e. The number of nitrogens with zero attached hydrogens (tertiary/aromatic N) is 1. The summed E-state index contributed by atoms with van der Waals surface area (Å²) in [5, 5.41) is 0. The second-order valence-electron chi connectivity index (χ2n) is 4.04. The molecule has 1 heterocycles. The Morgan fingerprint density at radius 3 is 2.50 bits per heavy atom. The van der Waals surface area contributed by atoms with Crippen molar-refractivity contribution < 1.29 is 4.74 Å². The van der Waals surface area contributed by atoms with Gasteiger partial charge in [-0.2, -0.15) is 0 Å². The molecule has 0 atom stereocenters. The lowest BCUT2D eigenvalue weighted by Crippen LogP contribution is -1.93. The van der Waals surface area contributed by atoms with Crippen molar-refractivity contribution in [3.05, 3.63) is 35.3 Å². The van der Waals surface area contributed by atoms with E-state index in [1.54, 1.807) is 7.11 Å². The van der Waals surface area contributed by atoms with Gasteiger partial charge in [0.05, 0.1) is 19.0 Å². The Kier molecular flexibility index (Phi) is 2.69. The minimum absolute atomic E-state index is 0.911. The van der Waals surface area contributed by atoms with E-state index in [4.69, 9.17) is 4.74 Å². The lowest BCUT2D eigenvalue weighted by Gasteiger charge is -2.11. The zero-order valence-electron chi connectivity index (χ0n) is 10.1. The van der Waals surface area contributed by atoms with E-state index in [1.165, 1.54) is 5.56 Å². The van der Waals surface area contributed by atoms with Crippen LogP contribution in [0.5, 0.6) is 5.75 Å². The Bertz CT molecular complexity index is 515. The van der Waals surface area contributed by atoms with Crippen molar-refractivity contribution in [3.63, 3.8) is 0 Å². The van der Waals surface area contributed by atoms with Crippen LogP contribution in [0.1, 0.15) is 17.0 Å². The first-order chi connectivity index (χ1) is 7.61. The van der Waals surface area contributed by atoms with E-state index in [-0.39, 0.29) is 0 Å². The number of imidazole rings is 1. The van der Waals surface area contributed by atoms with Gasteiger partial charge < -0.3 is 9.72 Å². The molecule has 3 heteroatoms. The number of hydrogen-bond acceptors (Lipinski definition) is 2. The summed E-state index contributed by atoms with van der Waals surface area (Å²) in [7, 11) is 1.70. The molecule has 1 aromatic carbocycles. The number of aromatic amines is 1. The zero-order chi connectivity index (χ0) is 11.7. The van der Waals surface area contributed by atoms with Crippen molar-refractivity contribution in [1.82, 2.24) is 9.97 Å². The summed E-state index contributed by atoms with van der Waals surface area (Å²) >= 11 is 0. The zero-order valence-corrected chi connectivity index (χ0v) is 10.1. The van der Waals surface area contributed by atoms with E-state index in [1.807, 2.05) is 13.1 Å². The Balaban J connectivity index is 2.63. The molecule has 0 amide bonds. The van der Waals surface area contributed by atoms with Crippen LogP contribution in [0.15, 0.2) is 18.3 Å². The maximum absolute atomic E-state index is 5.45. The minimum Gasteiger partial charge on any atom is -0.496 e. The molecule has 0 saturated carbocycles. The highest BCUT2D eigenvalue weighted by Crippen LogP contribution is 2.32. The van der Waals surface area contributed by atoms with Crippen molar-refractivity contribution in [1.29, 1.82) is 0 Å². The highest BCUT2D eigenvalue weighted by Gasteiger charge is 2.11. The van der Waals surface area contributed by atoms with Gasteiger partial charge >= 0.3 is 0 Å². The fourth-order valence-electron chi connectivity index (χ4n) is 1.98. The van der Waals surface area contributed by atoms with E-state index < -0.39 is 0 Å². The summed E-state index contributed by atoms with van der Waals surface area (Å²) in [6.07, 6.45) is 1.84. The molecule has 0 spiro atoms. The molecular weight excluding hydrogens is 200 g/mol. The Morgan fingerprint density at radius 1 is 1.19 bits per heavy atom. The summed E-state index contributed by atoms with van der Waals surface area (Å²) < 4.78 is 5.45. The highest BCUT2D eigenvalue weighted by atomic mass is 16.5. The van der Waals surface area contributed by atoms with E-state index in [0.29, 0.717) is 0 Å². The summed E-state index contributed by atoms with van der Waals surface area (Å²) in [5.41, 5.74) is 4.44. The first-order valence-electron chi connectivity index (χ1n) is 5.29. The molecule has 2 rings (SSSR count). The van der Waals surface area contributed by atoms with E-state index in [9.17, 15) is 0 Å². The Morgan fingerprint density at radius 2 is 1.94 bits per heavy atom. The molecule has 16 heavy (non-hydrogen) atoms. The average molecular weight is 216 g/mol. The minimum atomic E-state index is 0.911. The molecule has 0 bridgehead atoms. The predicted octanol–water partition coefficient (Wildman–Crippen LogP) is 3.01. The number of methoxy groups -OCH3 is 1. The molecule has 0 aliphatic rings. The molecule has 0 aliphatic carbocycles. The lowest BCUT2D eigenvalue weighted by molar-refractivity contribution is 0.413. The third-order valence-electron chi connectivity index (χ3n) is 2.62. The lowest BCUT2D eigenvalue weighted by atomic mass is 10.0. The number of benzene rings is 1. The molecule has 2 aromatic rings. The number of aromatic nitrogens is 2. The second-order valence-corrected chi connectivity index (χ2v) is 4.04. The molecule has 0 saturated heterocycles. The first-order valence-corrected chi connectivity index (χ1v) is 5.29. The maximum atomic E-state index is 5.45. The number of hydrogen-bond donors (Lipinski definition) is 1. The van der Waals surface area contributed by atoms with Gasteiger partial charge in [-0.1, -0.05) is 6.07 Å². The van der Waals surface area contributed by atoms with E-state index in [2.05, 4.69) is 35.9 Å². The molecule has 0 unspecified atom stereocenters. The Labute approximate surface area is 95.5 Å². The topological polar surface area (TPSA) is 37.9 Å². The smallest absolute Gasteiger partial charge is 0.131 e. The predicted molar refractivity (Wildman–Crippen MR) is 64.8 cm³/mol. The summed E-state index contributed by atoms with van der Waals surface area (Å²) in [4.78, 5) is 7.45. The third-order valence-corrected chi connectivity index (χ3v) is 2.62. The monoisotopic (exact) mass is 216 g/mol. The molecule has 84 valence electrons. The fourth-order valence-corrected chi connectivity index (χ4v) is 1.98. The second kappa shape index (κ2) is 4.00. The van der Waals surface area contributed by atoms with Gasteiger partial charge in [-0.05, 0) is 38.0 Å². The molecule has 0 fully saturated rings. The van der Waals surface area contributed by atoms with Crippen LogP contribution in [-0.2, 0) is 0 Å². The van der Waals surface area contributed by atoms with Crippen LogP contribution < -0.4 is 4.74 Å². The number of H-pyrrole nitrogens is 1. The van der Waals surface area contributed by atoms with Gasteiger partial charge in [0.2, 0.25) is 0 Å². The van der Waals surface area contributed by atoms with Gasteiger partial charge in [0, 0.05) is 5.56 Å². The maximum Gasteiger partial charge on any atom is 0.131 e. The van der Waals surface area contributed by atoms with Crippen LogP contribution in [0.4, 0.5) is 0 Å². The highest BCUT2D eigenvalue weighted by molar-refractivity contribution is 5.69. The summed E-state index contributed by atoms with van der Waals surface area (Å²) in [6, 6.07) is 4.23. The summed E-state index contributed by atoms with van der Waals surface area (Å²) in [6.45, 7) is 6.08. The van der Waals surface area contributed by atoms with Crippen molar-refractivity contribution in [2.75, 3.05) is 7.11 Å². The molecule has 0 radical (unpaired) electrons. The van der Waals surface area contributed by atoms with Gasteiger partial charge in [-0.3, -0.25) is 0 Å². The van der Waals surface area contributed by atoms with Crippen LogP contribution in [-0.4, -0.2) is 17.1 Å². The van der Waals surface area contributed by atoms with Crippen LogP contribution in [0.2, 0.25) is 0 Å². The molecule has 3 nitrogen and oxygen atoms in total. The van der Waals surface area contributed by atoms with Gasteiger partial charge in [-0.15, -0.1) is 0 Å². The van der Waals surface area contributed by atoms with Crippen LogP contribution >= 0.6 is 0 Å². The molecule has 1 aromatic heterocycles. The van der Waals surface area contributed by atoms with Crippen molar-refractivity contribution in [3.8, 4) is 17.0 Å². The van der Waals surface area contributed by atoms with Crippen molar-refractivity contribution in [2.24, 2.45) is 0 Å². The van der Waals surface area contributed by atoms with Crippen LogP contribution in [0.25, 0.3) is 11.3 Å². The van der Waals surface area contributed by atoms with Crippen LogP contribution in [0, 0.1) is 20.8 Å². The SMILES string of the molecule is COc1c(C)cc(C)cc1-c1cnc(C)[nH]1. The van der Waals surface area contributed by atoms with E-state index >= 15 is 0 Å². The normalized spacial score (nSPS) is 10.5. The quantitative estimate of drug-likeness (QED) is 0.838. The fraction of sp³-hybridized carbons (Fsp3) is 0.308. The first kappa shape index (κ1) is 10.7. The Hall–Kier alpha value is -1.77. The van der Waals surface area contributed by atoms with Crippen LogP contribution in [0.3, 0.4) is 0 Å². The number of aryl methyl sites for hydroxylation is 3. The molecule has 1 N–H and O–H groups in total. The molecular formula is C13H16N2O. The van der Waals surface area contributed by atoms with Crippen molar-refractivity contribution >= 4 is 0 Å². The van der Waals surface area contributed by atoms with Gasteiger partial charge in [-0.25, -0.2) is 4.98 Å². The van der Waals surface area contributed by atoms with Gasteiger partial charge in [0.1, 0.15) is 11.6 Å². The number of rotatable bonds is 2. The van der Waals surface area contributed by atoms with Gasteiger partial charge in [0.25, 0.3) is 0 Å².